The van der Waals surface area contributed by atoms with Crippen molar-refractivity contribution in [3.8, 4) is 0 Å². The molecule has 0 aliphatic carbocycles. The van der Waals surface area contributed by atoms with Gasteiger partial charge in [-0.25, -0.2) is 13.8 Å². The number of carbonyl (C=O) groups is 1. The number of nitrogens with one attached hydrogen (secondary N) is 2. The number of anilines is 1. The Balaban J connectivity index is 2.07. The lowest BCUT2D eigenvalue weighted by Gasteiger charge is -2.12. The molecule has 0 aliphatic heterocycles. The average molecular weight is 355 g/mol. The lowest BCUT2D eigenvalue weighted by Crippen LogP contribution is -2.24. The molecular weight excluding hydrogens is 340 g/mol. The number of amides is 1. The fourth-order valence-corrected chi connectivity index (χ4v) is 2.64. The summed E-state index contributed by atoms with van der Waals surface area (Å²) in [7, 11) is 1.48. The summed E-state index contributed by atoms with van der Waals surface area (Å²) < 4.78 is 31.3. The highest BCUT2D eigenvalue weighted by Gasteiger charge is 2.18. The molecule has 0 spiro atoms. The summed E-state index contributed by atoms with van der Waals surface area (Å²) in [5.74, 6) is -2.11. The number of hydrogen-bond donors (Lipinski definition) is 2. The van der Waals surface area contributed by atoms with Gasteiger partial charge in [0, 0.05) is 19.2 Å². The molecule has 6 nitrogen and oxygen atoms in total. The Morgan fingerprint density at radius 2 is 2.17 bits per heavy atom. The van der Waals surface area contributed by atoms with E-state index >= 15 is 0 Å². The topological polar surface area (TPSA) is 84.1 Å². The Hall–Kier alpha value is -2.26. The quantitative estimate of drug-likeness (QED) is 0.614. The van der Waals surface area contributed by atoms with Crippen molar-refractivity contribution < 1.29 is 18.3 Å². The van der Waals surface area contributed by atoms with Gasteiger partial charge in [-0.05, 0) is 19.1 Å². The zero-order valence-electron chi connectivity index (χ0n) is 12.9. The molecule has 1 heterocycles. The SMILES string of the molecule is COCc1cc(=O)[nH]c(SC(C)C(=O)Nc2ccc(F)cc2F)n1. The van der Waals surface area contributed by atoms with Crippen LogP contribution in [0.25, 0.3) is 0 Å². The average Bonchev–Trinajstić information content (AvgIpc) is 2.49. The third-order valence-electron chi connectivity index (χ3n) is 2.91. The molecule has 0 aliphatic rings. The molecule has 2 rings (SSSR count). The number of rotatable bonds is 6. The van der Waals surface area contributed by atoms with E-state index in [9.17, 15) is 18.4 Å². The minimum atomic E-state index is -0.867. The van der Waals surface area contributed by atoms with Crippen molar-refractivity contribution in [2.45, 2.75) is 23.9 Å². The van der Waals surface area contributed by atoms with Gasteiger partial charge in [0.2, 0.25) is 5.91 Å². The number of nitrogens with zero attached hydrogens (tertiary/aromatic N) is 1. The highest BCUT2D eigenvalue weighted by Crippen LogP contribution is 2.21. The summed E-state index contributed by atoms with van der Waals surface area (Å²) in [5.41, 5.74) is -0.0545. The highest BCUT2D eigenvalue weighted by atomic mass is 32.2. The van der Waals surface area contributed by atoms with Crippen LogP contribution in [-0.4, -0.2) is 28.2 Å². The van der Waals surface area contributed by atoms with Crippen molar-refractivity contribution in [3.63, 3.8) is 0 Å². The largest absolute Gasteiger partial charge is 0.378 e. The fourth-order valence-electron chi connectivity index (χ4n) is 1.81. The van der Waals surface area contributed by atoms with E-state index in [1.54, 1.807) is 6.92 Å². The van der Waals surface area contributed by atoms with Crippen molar-refractivity contribution in [3.05, 3.63) is 51.9 Å². The van der Waals surface area contributed by atoms with Crippen molar-refractivity contribution >= 4 is 23.4 Å². The predicted octanol–water partition coefficient (Wildman–Crippen LogP) is 2.31. The third-order valence-corrected chi connectivity index (χ3v) is 3.90. The Labute approximate surface area is 140 Å². The monoisotopic (exact) mass is 355 g/mol. The number of halogens is 2. The van der Waals surface area contributed by atoms with Crippen LogP contribution in [0, 0.1) is 11.6 Å². The molecule has 0 saturated heterocycles. The number of ether oxygens (including phenoxy) is 1. The van der Waals surface area contributed by atoms with E-state index in [1.165, 1.54) is 13.2 Å². The van der Waals surface area contributed by atoms with Gasteiger partial charge < -0.3 is 15.0 Å². The maximum Gasteiger partial charge on any atom is 0.251 e. The molecule has 9 heteroatoms. The number of hydrogen-bond acceptors (Lipinski definition) is 5. The molecule has 0 saturated carbocycles. The first kappa shape index (κ1) is 18.1. The molecule has 1 atom stereocenters. The van der Waals surface area contributed by atoms with Crippen molar-refractivity contribution in [1.29, 1.82) is 0 Å². The van der Waals surface area contributed by atoms with Crippen molar-refractivity contribution in [1.82, 2.24) is 9.97 Å². The smallest absolute Gasteiger partial charge is 0.251 e. The van der Waals surface area contributed by atoms with Gasteiger partial charge >= 0.3 is 0 Å². The lowest BCUT2D eigenvalue weighted by atomic mass is 10.3. The number of carbonyl (C=O) groups excluding carboxylic acids is 1. The number of aromatic amines is 1. The molecule has 2 N–H and O–H groups in total. The van der Waals surface area contributed by atoms with Crippen LogP contribution in [0.15, 0.2) is 34.2 Å². The first-order valence-electron chi connectivity index (χ1n) is 6.91. The minimum Gasteiger partial charge on any atom is -0.378 e. The maximum absolute atomic E-state index is 13.6. The van der Waals surface area contributed by atoms with E-state index in [4.69, 9.17) is 4.74 Å². The van der Waals surface area contributed by atoms with Gasteiger partial charge in [-0.3, -0.25) is 9.59 Å². The molecule has 1 amide bonds. The highest BCUT2D eigenvalue weighted by molar-refractivity contribution is 8.00. The Morgan fingerprint density at radius 3 is 2.83 bits per heavy atom. The van der Waals surface area contributed by atoms with Gasteiger partial charge in [0.25, 0.3) is 5.56 Å². The van der Waals surface area contributed by atoms with Crippen LogP contribution < -0.4 is 10.9 Å². The van der Waals surface area contributed by atoms with Gasteiger partial charge in [0.15, 0.2) is 5.16 Å². The molecule has 1 aromatic carbocycles. The van der Waals surface area contributed by atoms with Crippen molar-refractivity contribution in [2.75, 3.05) is 12.4 Å². The van der Waals surface area contributed by atoms with Gasteiger partial charge in [-0.2, -0.15) is 0 Å². The Kier molecular flexibility index (Phi) is 6.04. The first-order chi connectivity index (χ1) is 11.4. The third kappa shape index (κ3) is 4.87. The van der Waals surface area contributed by atoms with Crippen LogP contribution in [0.5, 0.6) is 0 Å². The summed E-state index contributed by atoms with van der Waals surface area (Å²) >= 11 is 1.00. The van der Waals surface area contributed by atoms with Crippen LogP contribution in [0.1, 0.15) is 12.6 Å². The second kappa shape index (κ2) is 8.02. The second-order valence-corrected chi connectivity index (χ2v) is 6.18. The molecule has 24 heavy (non-hydrogen) atoms. The molecule has 128 valence electrons. The summed E-state index contributed by atoms with van der Waals surface area (Å²) in [6.45, 7) is 1.74. The molecule has 0 fully saturated rings. The first-order valence-corrected chi connectivity index (χ1v) is 7.78. The van der Waals surface area contributed by atoms with E-state index in [2.05, 4.69) is 15.3 Å². The summed E-state index contributed by atoms with van der Waals surface area (Å²) in [6.07, 6.45) is 0. The van der Waals surface area contributed by atoms with Gasteiger partial charge in [-0.15, -0.1) is 0 Å². The molecule has 2 aromatic rings. The van der Waals surface area contributed by atoms with Crippen LogP contribution in [0.3, 0.4) is 0 Å². The zero-order chi connectivity index (χ0) is 17.7. The molecular formula is C15H15F2N3O3S. The van der Waals surface area contributed by atoms with Crippen LogP contribution >= 0.6 is 11.8 Å². The molecule has 1 aromatic heterocycles. The van der Waals surface area contributed by atoms with E-state index in [0.717, 1.165) is 23.9 Å². The number of aromatic nitrogens is 2. The van der Waals surface area contributed by atoms with Gasteiger partial charge in [0.1, 0.15) is 11.6 Å². The van der Waals surface area contributed by atoms with Crippen LogP contribution in [0.2, 0.25) is 0 Å². The van der Waals surface area contributed by atoms with E-state index < -0.39 is 22.8 Å². The van der Waals surface area contributed by atoms with E-state index in [-0.39, 0.29) is 23.0 Å². The summed E-state index contributed by atoms with van der Waals surface area (Å²) in [5, 5.41) is 1.94. The minimum absolute atomic E-state index is 0.122. The molecule has 1 unspecified atom stereocenters. The molecule has 0 bridgehead atoms. The van der Waals surface area contributed by atoms with Crippen LogP contribution in [-0.2, 0) is 16.1 Å². The Bertz CT molecular complexity index is 798. The van der Waals surface area contributed by atoms with E-state index in [1.807, 2.05) is 0 Å². The maximum atomic E-state index is 13.6. The second-order valence-electron chi connectivity index (χ2n) is 4.85. The Morgan fingerprint density at radius 1 is 1.42 bits per heavy atom. The van der Waals surface area contributed by atoms with E-state index in [0.29, 0.717) is 11.8 Å². The fraction of sp³-hybridized carbons (Fsp3) is 0.267. The number of thioether (sulfide) groups is 1. The lowest BCUT2D eigenvalue weighted by molar-refractivity contribution is -0.115. The standard InChI is InChI=1S/C15H15F2N3O3S/c1-8(14(22)19-12-4-3-9(16)5-11(12)17)24-15-18-10(7-23-2)6-13(21)20-15/h3-6,8H,7H2,1-2H3,(H,19,22)(H,18,20,21). The van der Waals surface area contributed by atoms with Gasteiger partial charge in [-0.1, -0.05) is 11.8 Å². The van der Waals surface area contributed by atoms with Crippen LogP contribution in [0.4, 0.5) is 14.5 Å². The van der Waals surface area contributed by atoms with Crippen molar-refractivity contribution in [2.24, 2.45) is 0 Å². The molecule has 0 radical (unpaired) electrons. The summed E-state index contributed by atoms with van der Waals surface area (Å²) in [4.78, 5) is 30.3. The van der Waals surface area contributed by atoms with Gasteiger partial charge in [0.05, 0.1) is 23.2 Å². The predicted molar refractivity (Wildman–Crippen MR) is 85.9 cm³/mol. The summed E-state index contributed by atoms with van der Waals surface area (Å²) in [6, 6.07) is 4.16. The zero-order valence-corrected chi connectivity index (χ0v) is 13.7. The number of H-pyrrole nitrogens is 1. The number of methoxy groups -OCH3 is 1. The normalized spacial score (nSPS) is 12.0. The number of benzene rings is 1.